The van der Waals surface area contributed by atoms with Crippen LogP contribution in [-0.4, -0.2) is 44.7 Å². The van der Waals surface area contributed by atoms with Crippen molar-refractivity contribution in [3.05, 3.63) is 59.8 Å². The monoisotopic (exact) mass is 383 g/mol. The van der Waals surface area contributed by atoms with Crippen LogP contribution in [-0.2, 0) is 17.9 Å². The van der Waals surface area contributed by atoms with Crippen molar-refractivity contribution in [3.8, 4) is 0 Å². The Labute approximate surface area is 169 Å². The fraction of sp³-hybridized carbons (Fsp3) is 0.455. The van der Waals surface area contributed by atoms with Gasteiger partial charge < -0.3 is 20.3 Å². The molecule has 0 bridgehead atoms. The van der Waals surface area contributed by atoms with Gasteiger partial charge in [0.05, 0.1) is 19.8 Å². The number of anilines is 1. The molecule has 6 nitrogen and oxygen atoms in total. The predicted octanol–water partition coefficient (Wildman–Crippen LogP) is 3.06. The highest BCUT2D eigenvalue weighted by molar-refractivity contribution is 5.79. The maximum Gasteiger partial charge on any atom is 0.191 e. The largest absolute Gasteiger partial charge is 0.376 e. The molecule has 0 fully saturated rings. The maximum atomic E-state index is 5.83. The quantitative estimate of drug-likeness (QED) is 0.488. The highest BCUT2D eigenvalue weighted by Crippen LogP contribution is 2.10. The number of rotatable bonds is 10. The lowest BCUT2D eigenvalue weighted by Gasteiger charge is -2.16. The Hall–Kier alpha value is -2.60. The molecule has 2 rings (SSSR count). The molecular formula is C22H33N5O. The number of aliphatic imine (C=N–C) groups is 1. The molecule has 0 aliphatic heterocycles. The summed E-state index contributed by atoms with van der Waals surface area (Å²) < 4.78 is 5.83. The van der Waals surface area contributed by atoms with E-state index >= 15 is 0 Å². The maximum absolute atomic E-state index is 5.83. The van der Waals surface area contributed by atoms with Gasteiger partial charge in [0.25, 0.3) is 0 Å². The SMILES string of the molecule is CCNC(=NCc1ccnc(N(C)C)c1)NCC(C)COCc1ccccc1. The van der Waals surface area contributed by atoms with Gasteiger partial charge in [-0.25, -0.2) is 9.98 Å². The highest BCUT2D eigenvalue weighted by atomic mass is 16.5. The topological polar surface area (TPSA) is 61.8 Å². The number of hydrogen-bond donors (Lipinski definition) is 2. The molecule has 28 heavy (non-hydrogen) atoms. The van der Waals surface area contributed by atoms with Gasteiger partial charge in [-0.1, -0.05) is 37.3 Å². The summed E-state index contributed by atoms with van der Waals surface area (Å²) in [6, 6.07) is 14.3. The van der Waals surface area contributed by atoms with Crippen LogP contribution in [0.1, 0.15) is 25.0 Å². The molecule has 0 spiro atoms. The van der Waals surface area contributed by atoms with Crippen LogP contribution in [0, 0.1) is 5.92 Å². The Morgan fingerprint density at radius 2 is 1.93 bits per heavy atom. The third-order valence-corrected chi connectivity index (χ3v) is 4.16. The number of guanidine groups is 1. The van der Waals surface area contributed by atoms with Crippen LogP contribution >= 0.6 is 0 Å². The fourth-order valence-electron chi connectivity index (χ4n) is 2.60. The van der Waals surface area contributed by atoms with E-state index < -0.39 is 0 Å². The second kappa shape index (κ2) is 12.0. The smallest absolute Gasteiger partial charge is 0.191 e. The number of nitrogens with zero attached hydrogens (tertiary/aromatic N) is 3. The normalized spacial score (nSPS) is 12.5. The number of ether oxygens (including phenoxy) is 1. The van der Waals surface area contributed by atoms with Gasteiger partial charge in [-0.05, 0) is 36.1 Å². The van der Waals surface area contributed by atoms with E-state index in [1.54, 1.807) is 0 Å². The molecule has 1 atom stereocenters. The molecule has 2 aromatic rings. The summed E-state index contributed by atoms with van der Waals surface area (Å²) in [5.41, 5.74) is 2.34. The van der Waals surface area contributed by atoms with Crippen molar-refractivity contribution >= 4 is 11.8 Å². The van der Waals surface area contributed by atoms with Crippen LogP contribution in [0.4, 0.5) is 5.82 Å². The van der Waals surface area contributed by atoms with Gasteiger partial charge in [-0.3, -0.25) is 0 Å². The first-order chi connectivity index (χ1) is 13.6. The van der Waals surface area contributed by atoms with Crippen LogP contribution in [0.5, 0.6) is 0 Å². The Morgan fingerprint density at radius 1 is 1.14 bits per heavy atom. The predicted molar refractivity (Wildman–Crippen MR) is 117 cm³/mol. The summed E-state index contributed by atoms with van der Waals surface area (Å²) in [5.74, 6) is 2.14. The van der Waals surface area contributed by atoms with Crippen molar-refractivity contribution in [1.29, 1.82) is 0 Å². The molecule has 0 aliphatic rings. The van der Waals surface area contributed by atoms with E-state index in [1.807, 2.05) is 49.5 Å². The first-order valence-corrected chi connectivity index (χ1v) is 9.84. The van der Waals surface area contributed by atoms with Crippen LogP contribution in [0.25, 0.3) is 0 Å². The van der Waals surface area contributed by atoms with Crippen molar-refractivity contribution in [1.82, 2.24) is 15.6 Å². The lowest BCUT2D eigenvalue weighted by Crippen LogP contribution is -2.40. The van der Waals surface area contributed by atoms with E-state index in [-0.39, 0.29) is 0 Å². The summed E-state index contributed by atoms with van der Waals surface area (Å²) in [5, 5.41) is 6.71. The van der Waals surface area contributed by atoms with Gasteiger partial charge in [-0.2, -0.15) is 0 Å². The molecule has 0 radical (unpaired) electrons. The van der Waals surface area contributed by atoms with Crippen LogP contribution in [0.2, 0.25) is 0 Å². The molecule has 6 heteroatoms. The van der Waals surface area contributed by atoms with Crippen molar-refractivity contribution < 1.29 is 4.74 Å². The molecule has 0 aliphatic carbocycles. The Bertz CT molecular complexity index is 718. The summed E-state index contributed by atoms with van der Waals surface area (Å²) in [4.78, 5) is 11.0. The molecule has 1 aromatic carbocycles. The Morgan fingerprint density at radius 3 is 2.64 bits per heavy atom. The van der Waals surface area contributed by atoms with E-state index in [9.17, 15) is 0 Å². The molecular weight excluding hydrogens is 350 g/mol. The standard InChI is InChI=1S/C22H33N5O/c1-5-23-22(26-15-20-11-12-24-21(13-20)27(3)4)25-14-18(2)16-28-17-19-9-7-6-8-10-19/h6-13,18H,5,14-17H2,1-4H3,(H2,23,25,26). The molecule has 0 saturated carbocycles. The van der Waals surface area contributed by atoms with Crippen molar-refractivity contribution in [2.75, 3.05) is 38.7 Å². The average molecular weight is 384 g/mol. The minimum absolute atomic E-state index is 0.383. The van der Waals surface area contributed by atoms with Crippen LogP contribution in [0.3, 0.4) is 0 Å². The van der Waals surface area contributed by atoms with Crippen molar-refractivity contribution in [2.45, 2.75) is 27.0 Å². The molecule has 152 valence electrons. The van der Waals surface area contributed by atoms with Crippen LogP contribution < -0.4 is 15.5 Å². The first-order valence-electron chi connectivity index (χ1n) is 9.84. The van der Waals surface area contributed by atoms with Crippen molar-refractivity contribution in [2.24, 2.45) is 10.9 Å². The lowest BCUT2D eigenvalue weighted by molar-refractivity contribution is 0.0931. The van der Waals surface area contributed by atoms with E-state index in [0.29, 0.717) is 25.7 Å². The van der Waals surface area contributed by atoms with Gasteiger partial charge >= 0.3 is 0 Å². The number of pyridine rings is 1. The van der Waals surface area contributed by atoms with Gasteiger partial charge in [-0.15, -0.1) is 0 Å². The summed E-state index contributed by atoms with van der Waals surface area (Å²) in [7, 11) is 3.98. The summed E-state index contributed by atoms with van der Waals surface area (Å²) >= 11 is 0. The zero-order chi connectivity index (χ0) is 20.2. The third-order valence-electron chi connectivity index (χ3n) is 4.16. The molecule has 1 aromatic heterocycles. The Balaban J connectivity index is 1.79. The molecule has 2 N–H and O–H groups in total. The molecule has 1 heterocycles. The zero-order valence-corrected chi connectivity index (χ0v) is 17.5. The number of benzene rings is 1. The van der Waals surface area contributed by atoms with Crippen LogP contribution in [0.15, 0.2) is 53.7 Å². The molecule has 1 unspecified atom stereocenters. The summed E-state index contributed by atoms with van der Waals surface area (Å²) in [6.07, 6.45) is 1.83. The Kier molecular flexibility index (Phi) is 9.28. The molecule has 0 saturated heterocycles. The lowest BCUT2D eigenvalue weighted by atomic mass is 10.2. The van der Waals surface area contributed by atoms with Gasteiger partial charge in [0.15, 0.2) is 5.96 Å². The van der Waals surface area contributed by atoms with E-state index in [2.05, 4.69) is 47.7 Å². The van der Waals surface area contributed by atoms with Gasteiger partial charge in [0.1, 0.15) is 5.82 Å². The minimum Gasteiger partial charge on any atom is -0.376 e. The third kappa shape index (κ3) is 7.96. The average Bonchev–Trinajstić information content (AvgIpc) is 2.71. The second-order valence-electron chi connectivity index (χ2n) is 7.10. The second-order valence-corrected chi connectivity index (χ2v) is 7.10. The van der Waals surface area contributed by atoms with E-state index in [0.717, 1.165) is 30.4 Å². The first kappa shape index (κ1) is 21.7. The van der Waals surface area contributed by atoms with E-state index in [1.165, 1.54) is 5.56 Å². The molecule has 0 amide bonds. The van der Waals surface area contributed by atoms with Gasteiger partial charge in [0, 0.05) is 33.4 Å². The van der Waals surface area contributed by atoms with Crippen molar-refractivity contribution in [3.63, 3.8) is 0 Å². The van der Waals surface area contributed by atoms with E-state index in [4.69, 9.17) is 9.73 Å². The number of nitrogens with one attached hydrogen (secondary N) is 2. The van der Waals surface area contributed by atoms with Gasteiger partial charge in [0.2, 0.25) is 0 Å². The summed E-state index contributed by atoms with van der Waals surface area (Å²) in [6.45, 7) is 7.84. The highest BCUT2D eigenvalue weighted by Gasteiger charge is 2.05. The number of aromatic nitrogens is 1. The minimum atomic E-state index is 0.383. The zero-order valence-electron chi connectivity index (χ0n) is 17.5. The fourth-order valence-corrected chi connectivity index (χ4v) is 2.60. The number of hydrogen-bond acceptors (Lipinski definition) is 4.